The average molecular weight is 558 g/mol. The number of benzene rings is 2. The molecule has 2 bridgehead atoms. The minimum absolute atomic E-state index is 0.187. The molecule has 0 spiro atoms. The first-order chi connectivity index (χ1) is 20.5. The number of hydrogen-bond acceptors (Lipinski definition) is 7. The van der Waals surface area contributed by atoms with E-state index in [4.69, 9.17) is 21.4 Å². The van der Waals surface area contributed by atoms with E-state index in [0.717, 1.165) is 77.8 Å². The average Bonchev–Trinajstić information content (AvgIpc) is 3.50. The fourth-order valence-corrected chi connectivity index (χ4v) is 7.33. The number of aliphatic hydroxyl groups is 1. The number of pyridine rings is 2. The maximum atomic E-state index is 10.3. The number of hydrogen-bond donors (Lipinski definition) is 3. The van der Waals surface area contributed by atoms with Crippen LogP contribution in [0.2, 0.25) is 0 Å². The summed E-state index contributed by atoms with van der Waals surface area (Å²) < 4.78 is 2.08. The molecule has 2 aliphatic heterocycles. The molecule has 5 heterocycles. The van der Waals surface area contributed by atoms with E-state index in [0.29, 0.717) is 23.7 Å². The molecule has 3 atom stereocenters. The van der Waals surface area contributed by atoms with Gasteiger partial charge in [0.15, 0.2) is 11.5 Å². The molecule has 3 aromatic heterocycles. The normalized spacial score (nSPS) is 22.8. The van der Waals surface area contributed by atoms with E-state index in [-0.39, 0.29) is 11.6 Å². The van der Waals surface area contributed by atoms with Crippen LogP contribution in [0.3, 0.4) is 0 Å². The molecule has 5 aromatic rings. The van der Waals surface area contributed by atoms with Gasteiger partial charge < -0.3 is 21.5 Å². The van der Waals surface area contributed by atoms with Crippen LogP contribution in [0.5, 0.6) is 0 Å². The van der Waals surface area contributed by atoms with Crippen molar-refractivity contribution in [1.29, 1.82) is 0 Å². The SMILES string of the molecule is Nc1ncccc1-c1nc2ccc(-c3cccc(N4[C@@H]5CC[C@H]4C[C@H](O)C5)c3)nc2n1-c1ccc(C2(N)CCC2)cc1. The van der Waals surface area contributed by atoms with Crippen molar-refractivity contribution in [3.63, 3.8) is 0 Å². The maximum absolute atomic E-state index is 10.3. The molecule has 2 aromatic carbocycles. The van der Waals surface area contributed by atoms with E-state index < -0.39 is 0 Å². The van der Waals surface area contributed by atoms with Gasteiger partial charge in [-0.1, -0.05) is 24.3 Å². The first-order valence-corrected chi connectivity index (χ1v) is 15.0. The largest absolute Gasteiger partial charge is 0.393 e. The van der Waals surface area contributed by atoms with E-state index in [1.54, 1.807) is 6.20 Å². The summed E-state index contributed by atoms with van der Waals surface area (Å²) in [5.41, 5.74) is 20.3. The van der Waals surface area contributed by atoms with E-state index in [1.165, 1.54) is 12.1 Å². The molecule has 1 aliphatic carbocycles. The highest BCUT2D eigenvalue weighted by Gasteiger charge is 2.40. The third-order valence-corrected chi connectivity index (χ3v) is 9.68. The van der Waals surface area contributed by atoms with Crippen LogP contribution in [0.1, 0.15) is 50.5 Å². The number of nitrogens with two attached hydrogens (primary N) is 2. The minimum atomic E-state index is -0.228. The Hall–Kier alpha value is -4.27. The zero-order valence-corrected chi connectivity index (χ0v) is 23.5. The predicted octanol–water partition coefficient (Wildman–Crippen LogP) is 5.56. The maximum Gasteiger partial charge on any atom is 0.165 e. The van der Waals surface area contributed by atoms with Gasteiger partial charge in [-0.3, -0.25) is 4.57 Å². The molecule has 0 amide bonds. The van der Waals surface area contributed by atoms with Crippen LogP contribution in [-0.2, 0) is 5.54 Å². The topological polar surface area (TPSA) is 119 Å². The first kappa shape index (κ1) is 25.4. The molecule has 1 saturated carbocycles. The van der Waals surface area contributed by atoms with Gasteiger partial charge in [0.05, 0.1) is 17.4 Å². The Kier molecular flexibility index (Phi) is 5.84. The summed E-state index contributed by atoms with van der Waals surface area (Å²) in [7, 11) is 0. The number of imidazole rings is 1. The van der Waals surface area contributed by atoms with E-state index in [2.05, 4.69) is 63.0 Å². The number of fused-ring (bicyclic) bond motifs is 3. The lowest BCUT2D eigenvalue weighted by atomic mass is 9.73. The van der Waals surface area contributed by atoms with Crippen LogP contribution in [0.25, 0.3) is 39.5 Å². The van der Waals surface area contributed by atoms with Crippen LogP contribution >= 0.6 is 0 Å². The summed E-state index contributed by atoms with van der Waals surface area (Å²) in [6.45, 7) is 0. The Morgan fingerprint density at radius 3 is 2.36 bits per heavy atom. The molecule has 0 radical (unpaired) electrons. The Labute approximate surface area is 245 Å². The lowest BCUT2D eigenvalue weighted by Gasteiger charge is -2.39. The first-order valence-electron chi connectivity index (χ1n) is 15.0. The van der Waals surface area contributed by atoms with Gasteiger partial charge in [0, 0.05) is 40.8 Å². The number of nitrogens with zero attached hydrogens (tertiary/aromatic N) is 5. The minimum Gasteiger partial charge on any atom is -0.393 e. The summed E-state index contributed by atoms with van der Waals surface area (Å²) in [5, 5.41) is 10.3. The second-order valence-electron chi connectivity index (χ2n) is 12.3. The summed E-state index contributed by atoms with van der Waals surface area (Å²) in [5.74, 6) is 1.13. The van der Waals surface area contributed by atoms with Crippen LogP contribution in [0.15, 0.2) is 79.0 Å². The quantitative estimate of drug-likeness (QED) is 0.259. The van der Waals surface area contributed by atoms with Crippen molar-refractivity contribution in [2.75, 3.05) is 10.6 Å². The van der Waals surface area contributed by atoms with Crippen LogP contribution in [0, 0.1) is 0 Å². The lowest BCUT2D eigenvalue weighted by molar-refractivity contribution is 0.126. The Bertz CT molecular complexity index is 1780. The van der Waals surface area contributed by atoms with Gasteiger partial charge in [-0.05, 0) is 99.0 Å². The van der Waals surface area contributed by atoms with Crippen molar-refractivity contribution in [2.24, 2.45) is 5.73 Å². The van der Waals surface area contributed by atoms with Crippen LogP contribution in [-0.4, -0.2) is 42.8 Å². The molecular weight excluding hydrogens is 522 g/mol. The van der Waals surface area contributed by atoms with Crippen molar-refractivity contribution in [2.45, 2.75) is 68.7 Å². The third-order valence-electron chi connectivity index (χ3n) is 9.68. The summed E-state index contributed by atoms with van der Waals surface area (Å²) in [4.78, 5) is 17.1. The van der Waals surface area contributed by atoms with Crippen molar-refractivity contribution in [1.82, 2.24) is 19.5 Å². The fourth-order valence-electron chi connectivity index (χ4n) is 7.33. The molecule has 5 N–H and O–H groups in total. The van der Waals surface area contributed by atoms with Gasteiger partial charge >= 0.3 is 0 Å². The zero-order valence-electron chi connectivity index (χ0n) is 23.5. The van der Waals surface area contributed by atoms with Crippen molar-refractivity contribution in [3.8, 4) is 28.3 Å². The molecule has 0 unspecified atom stereocenters. The number of nitrogen functional groups attached to an aromatic ring is 1. The molecule has 8 rings (SSSR count). The summed E-state index contributed by atoms with van der Waals surface area (Å²) >= 11 is 0. The monoisotopic (exact) mass is 557 g/mol. The number of rotatable bonds is 5. The lowest BCUT2D eigenvalue weighted by Crippen LogP contribution is -2.44. The van der Waals surface area contributed by atoms with Crippen molar-refractivity contribution in [3.05, 3.63) is 84.6 Å². The van der Waals surface area contributed by atoms with E-state index in [9.17, 15) is 5.11 Å². The molecule has 8 heteroatoms. The van der Waals surface area contributed by atoms with Gasteiger partial charge in [0.1, 0.15) is 11.3 Å². The molecule has 3 aliphatic rings. The Balaban J connectivity index is 1.24. The van der Waals surface area contributed by atoms with Gasteiger partial charge in [-0.15, -0.1) is 0 Å². The number of piperidine rings is 1. The molecule has 2 saturated heterocycles. The van der Waals surface area contributed by atoms with Gasteiger partial charge in [-0.2, -0.15) is 0 Å². The highest BCUT2D eigenvalue weighted by molar-refractivity contribution is 5.85. The second-order valence-corrected chi connectivity index (χ2v) is 12.3. The molecular formula is C34H35N7O. The number of anilines is 2. The molecule has 8 nitrogen and oxygen atoms in total. The van der Waals surface area contributed by atoms with Gasteiger partial charge in [0.2, 0.25) is 0 Å². The van der Waals surface area contributed by atoms with Crippen molar-refractivity contribution >= 4 is 22.7 Å². The van der Waals surface area contributed by atoms with E-state index >= 15 is 0 Å². The predicted molar refractivity (Wildman–Crippen MR) is 166 cm³/mol. The smallest absolute Gasteiger partial charge is 0.165 e. The zero-order chi connectivity index (χ0) is 28.4. The Morgan fingerprint density at radius 2 is 1.64 bits per heavy atom. The van der Waals surface area contributed by atoms with E-state index in [1.807, 2.05) is 24.3 Å². The van der Waals surface area contributed by atoms with Crippen LogP contribution in [0.4, 0.5) is 11.5 Å². The number of aliphatic hydroxyl groups excluding tert-OH is 1. The molecule has 42 heavy (non-hydrogen) atoms. The fraction of sp³-hybridized carbons (Fsp3) is 0.324. The van der Waals surface area contributed by atoms with Gasteiger partial charge in [0.25, 0.3) is 0 Å². The molecule has 3 fully saturated rings. The Morgan fingerprint density at radius 1 is 0.857 bits per heavy atom. The summed E-state index contributed by atoms with van der Waals surface area (Å²) in [6.07, 6.45) is 8.67. The standard InChI is InChI=1S/C34H35N7O/c35-31-28(6-2-17-37-31)32-39-30-14-13-29(21-4-1-5-24(18-21)40-25-11-12-26(40)20-27(42)19-25)38-33(30)41(32)23-9-7-22(8-10-23)34(36)15-3-16-34/h1-2,4-10,13-14,17-18,25-27,42H,3,11-12,15-16,19-20,36H2,(H2,35,37)/t25-,26+,27-. The summed E-state index contributed by atoms with van der Waals surface area (Å²) in [6, 6.07) is 25.8. The van der Waals surface area contributed by atoms with Crippen LogP contribution < -0.4 is 16.4 Å². The second kappa shape index (κ2) is 9.64. The highest BCUT2D eigenvalue weighted by Crippen LogP contribution is 2.41. The third kappa shape index (κ3) is 4.08. The number of aromatic nitrogens is 4. The van der Waals surface area contributed by atoms with Crippen molar-refractivity contribution < 1.29 is 5.11 Å². The molecule has 212 valence electrons. The van der Waals surface area contributed by atoms with Gasteiger partial charge in [-0.25, -0.2) is 15.0 Å². The highest BCUT2D eigenvalue weighted by atomic mass is 16.3.